The molecule has 0 saturated carbocycles. The second-order valence-corrected chi connectivity index (χ2v) is 3.14. The summed E-state index contributed by atoms with van der Waals surface area (Å²) < 4.78 is 15.1. The van der Waals surface area contributed by atoms with Crippen LogP contribution in [0.2, 0.25) is 0 Å². The van der Waals surface area contributed by atoms with Gasteiger partial charge in [0.05, 0.1) is 7.11 Å². The predicted octanol–water partition coefficient (Wildman–Crippen LogP) is 1.50. The van der Waals surface area contributed by atoms with Gasteiger partial charge in [-0.15, -0.1) is 12.8 Å². The van der Waals surface area contributed by atoms with E-state index in [1.165, 1.54) is 13.2 Å². The molecule has 0 N–H and O–H groups in total. The summed E-state index contributed by atoms with van der Waals surface area (Å²) in [7, 11) is 1.28. The predicted molar refractivity (Wildman–Crippen MR) is 66.4 cm³/mol. The van der Waals surface area contributed by atoms with E-state index in [0.717, 1.165) is 0 Å². The van der Waals surface area contributed by atoms with Crippen LogP contribution in [0.1, 0.15) is 10.4 Å². The number of benzene rings is 1. The van der Waals surface area contributed by atoms with Crippen LogP contribution in [0, 0.1) is 24.7 Å². The van der Waals surface area contributed by atoms with E-state index in [-0.39, 0.29) is 18.8 Å². The van der Waals surface area contributed by atoms with Crippen LogP contribution in [0.25, 0.3) is 0 Å². The molecule has 1 aromatic carbocycles. The molecule has 0 atom stereocenters. The Morgan fingerprint density at radius 3 is 2.50 bits per heavy atom. The Morgan fingerprint density at radius 1 is 1.22 bits per heavy atom. The van der Waals surface area contributed by atoms with Gasteiger partial charge in [0, 0.05) is 0 Å². The highest BCUT2D eigenvalue weighted by Gasteiger charge is 2.14. The molecule has 0 unspecified atom stereocenters. The Balaban J connectivity index is 3.01. The number of hydrogen-bond acceptors (Lipinski definition) is 4. The molecule has 0 aliphatic rings. The van der Waals surface area contributed by atoms with Crippen molar-refractivity contribution in [3.8, 4) is 36.2 Å². The van der Waals surface area contributed by atoms with Gasteiger partial charge in [0.15, 0.2) is 0 Å². The van der Waals surface area contributed by atoms with Gasteiger partial charge < -0.3 is 14.2 Å². The molecule has 0 spiro atoms. The maximum Gasteiger partial charge on any atom is 0.341 e. The number of rotatable bonds is 5. The molecule has 0 bridgehead atoms. The van der Waals surface area contributed by atoms with Gasteiger partial charge in [-0.3, -0.25) is 0 Å². The zero-order valence-corrected chi connectivity index (χ0v) is 9.93. The molecule has 0 amide bonds. The molecule has 4 nitrogen and oxygen atoms in total. The van der Waals surface area contributed by atoms with E-state index in [0.29, 0.717) is 11.5 Å². The van der Waals surface area contributed by atoms with Crippen molar-refractivity contribution in [2.24, 2.45) is 0 Å². The first-order valence-electron chi connectivity index (χ1n) is 5.07. The van der Waals surface area contributed by atoms with Crippen molar-refractivity contribution in [3.63, 3.8) is 0 Å². The number of hydrogen-bond donors (Lipinski definition) is 0. The van der Waals surface area contributed by atoms with Crippen LogP contribution in [0.5, 0.6) is 11.5 Å². The first-order valence-corrected chi connectivity index (χ1v) is 5.07. The van der Waals surface area contributed by atoms with E-state index in [4.69, 9.17) is 22.3 Å². The standard InChI is InChI=1S/C14H12O4/c1-4-8-17-11-6-7-13(18-9-5-2)12(10-11)14(15)16-3/h1-2,6-7,10H,8-9H2,3H3. The van der Waals surface area contributed by atoms with Crippen LogP contribution in [-0.2, 0) is 4.74 Å². The average molecular weight is 244 g/mol. The normalized spacial score (nSPS) is 8.83. The van der Waals surface area contributed by atoms with Gasteiger partial charge in [0.2, 0.25) is 0 Å². The Morgan fingerprint density at radius 2 is 1.89 bits per heavy atom. The fraction of sp³-hybridized carbons (Fsp3) is 0.214. The second kappa shape index (κ2) is 6.88. The van der Waals surface area contributed by atoms with Crippen molar-refractivity contribution in [1.29, 1.82) is 0 Å². The van der Waals surface area contributed by atoms with Gasteiger partial charge in [-0.05, 0) is 18.2 Å². The fourth-order valence-electron chi connectivity index (χ4n) is 1.24. The van der Waals surface area contributed by atoms with Crippen LogP contribution in [0.15, 0.2) is 18.2 Å². The second-order valence-electron chi connectivity index (χ2n) is 3.14. The van der Waals surface area contributed by atoms with Gasteiger partial charge in [-0.1, -0.05) is 11.8 Å². The zero-order chi connectivity index (χ0) is 13.4. The Hall–Kier alpha value is -2.59. The SMILES string of the molecule is C#CCOc1ccc(OCC#C)c(C(=O)OC)c1. The average Bonchev–Trinajstić information content (AvgIpc) is 2.42. The van der Waals surface area contributed by atoms with E-state index in [1.807, 2.05) is 0 Å². The lowest BCUT2D eigenvalue weighted by molar-refractivity contribution is 0.0596. The summed E-state index contributed by atoms with van der Waals surface area (Å²) in [5.41, 5.74) is 0.238. The molecular weight excluding hydrogens is 232 g/mol. The molecule has 0 heterocycles. The Labute approximate surface area is 106 Å². The number of terminal acetylenes is 2. The third kappa shape index (κ3) is 3.47. The van der Waals surface area contributed by atoms with Crippen molar-refractivity contribution in [1.82, 2.24) is 0 Å². The summed E-state index contributed by atoms with van der Waals surface area (Å²) in [6.45, 7) is 0.180. The summed E-state index contributed by atoms with van der Waals surface area (Å²) in [5.74, 6) is 4.91. The van der Waals surface area contributed by atoms with Crippen LogP contribution < -0.4 is 9.47 Å². The van der Waals surface area contributed by atoms with Crippen LogP contribution >= 0.6 is 0 Å². The number of esters is 1. The topological polar surface area (TPSA) is 44.8 Å². The summed E-state index contributed by atoms with van der Waals surface area (Å²) in [5, 5.41) is 0. The molecule has 4 heteroatoms. The number of methoxy groups -OCH3 is 1. The summed E-state index contributed by atoms with van der Waals surface area (Å²) in [6.07, 6.45) is 10.2. The minimum Gasteiger partial charge on any atom is -0.481 e. The van der Waals surface area contributed by atoms with E-state index < -0.39 is 5.97 Å². The van der Waals surface area contributed by atoms with E-state index in [2.05, 4.69) is 16.6 Å². The summed E-state index contributed by atoms with van der Waals surface area (Å²) in [4.78, 5) is 11.6. The molecule has 0 aliphatic carbocycles. The van der Waals surface area contributed by atoms with Crippen LogP contribution in [-0.4, -0.2) is 26.3 Å². The van der Waals surface area contributed by atoms with Crippen molar-refractivity contribution in [2.75, 3.05) is 20.3 Å². The van der Waals surface area contributed by atoms with Crippen LogP contribution in [0.4, 0.5) is 0 Å². The third-order valence-electron chi connectivity index (χ3n) is 1.99. The molecule has 92 valence electrons. The van der Waals surface area contributed by atoms with Gasteiger partial charge in [0.25, 0.3) is 0 Å². The molecule has 0 radical (unpaired) electrons. The zero-order valence-electron chi connectivity index (χ0n) is 9.93. The Bertz CT molecular complexity index is 506. The van der Waals surface area contributed by atoms with Crippen molar-refractivity contribution in [2.45, 2.75) is 0 Å². The molecule has 0 fully saturated rings. The maximum atomic E-state index is 11.6. The maximum absolute atomic E-state index is 11.6. The molecule has 18 heavy (non-hydrogen) atoms. The molecule has 0 aliphatic heterocycles. The smallest absolute Gasteiger partial charge is 0.341 e. The summed E-state index contributed by atoms with van der Waals surface area (Å²) in [6, 6.07) is 4.71. The molecule has 1 rings (SSSR count). The lowest BCUT2D eigenvalue weighted by Crippen LogP contribution is -2.07. The molecule has 0 saturated heterocycles. The van der Waals surface area contributed by atoms with Crippen LogP contribution in [0.3, 0.4) is 0 Å². The third-order valence-corrected chi connectivity index (χ3v) is 1.99. The minimum absolute atomic E-state index is 0.0640. The van der Waals surface area contributed by atoms with Gasteiger partial charge >= 0.3 is 5.97 Å². The lowest BCUT2D eigenvalue weighted by Gasteiger charge is -2.10. The number of carbonyl (C=O) groups excluding carboxylic acids is 1. The highest BCUT2D eigenvalue weighted by Crippen LogP contribution is 2.25. The number of carbonyl (C=O) groups is 1. The summed E-state index contributed by atoms with van der Waals surface area (Å²) >= 11 is 0. The van der Waals surface area contributed by atoms with E-state index in [9.17, 15) is 4.79 Å². The van der Waals surface area contributed by atoms with Crippen molar-refractivity contribution >= 4 is 5.97 Å². The van der Waals surface area contributed by atoms with E-state index >= 15 is 0 Å². The quantitative estimate of drug-likeness (QED) is 0.581. The minimum atomic E-state index is -0.534. The lowest BCUT2D eigenvalue weighted by atomic mass is 10.2. The molecule has 1 aromatic rings. The highest BCUT2D eigenvalue weighted by atomic mass is 16.5. The first-order chi connectivity index (χ1) is 8.72. The first kappa shape index (κ1) is 13.5. The van der Waals surface area contributed by atoms with Gasteiger partial charge in [0.1, 0.15) is 30.3 Å². The monoisotopic (exact) mass is 244 g/mol. The van der Waals surface area contributed by atoms with Gasteiger partial charge in [-0.2, -0.15) is 0 Å². The fourth-order valence-corrected chi connectivity index (χ4v) is 1.24. The largest absolute Gasteiger partial charge is 0.481 e. The molecular formula is C14H12O4. The van der Waals surface area contributed by atoms with Crippen molar-refractivity contribution in [3.05, 3.63) is 23.8 Å². The van der Waals surface area contributed by atoms with Gasteiger partial charge in [-0.25, -0.2) is 4.79 Å². The Kier molecular flexibility index (Phi) is 5.15. The van der Waals surface area contributed by atoms with E-state index in [1.54, 1.807) is 12.1 Å². The molecule has 0 aromatic heterocycles. The van der Waals surface area contributed by atoms with Crippen molar-refractivity contribution < 1.29 is 19.0 Å². The number of ether oxygens (including phenoxy) is 3. The highest BCUT2D eigenvalue weighted by molar-refractivity contribution is 5.93.